The zero-order valence-corrected chi connectivity index (χ0v) is 16.7. The van der Waals surface area contributed by atoms with Crippen LogP contribution in [0.25, 0.3) is 10.8 Å². The molecule has 0 N–H and O–H groups in total. The van der Waals surface area contributed by atoms with Crippen LogP contribution < -0.4 is 4.74 Å². The van der Waals surface area contributed by atoms with Gasteiger partial charge in [-0.15, -0.1) is 0 Å². The minimum absolute atomic E-state index is 0.639. The van der Waals surface area contributed by atoms with Gasteiger partial charge in [-0.3, -0.25) is 0 Å². The number of aryl methyl sites for hydroxylation is 1. The van der Waals surface area contributed by atoms with E-state index in [2.05, 4.69) is 43.5 Å². The summed E-state index contributed by atoms with van der Waals surface area (Å²) in [5, 5.41) is 2.83. The summed E-state index contributed by atoms with van der Waals surface area (Å²) in [6.07, 6.45) is 12.2. The van der Waals surface area contributed by atoms with Crippen molar-refractivity contribution in [2.24, 2.45) is 5.92 Å². The summed E-state index contributed by atoms with van der Waals surface area (Å²) in [6.45, 7) is 3.17. The number of hydrogen-bond acceptors (Lipinski definition) is 1. The minimum atomic E-state index is -0.639. The maximum Gasteiger partial charge on any atom is 0.127 e. The van der Waals surface area contributed by atoms with Crippen LogP contribution in [-0.2, 0) is 0 Å². The number of ether oxygens (including phenoxy) is 1. The third kappa shape index (κ3) is 3.43. The molecule has 1 nitrogen and oxygen atoms in total. The zero-order chi connectivity index (χ0) is 17.3. The molecule has 25 heavy (non-hydrogen) atoms. The van der Waals surface area contributed by atoms with Crippen LogP contribution in [0.15, 0.2) is 35.2 Å². The van der Waals surface area contributed by atoms with Gasteiger partial charge in [-0.2, -0.15) is 0 Å². The van der Waals surface area contributed by atoms with Crippen molar-refractivity contribution < 1.29 is 4.74 Å². The first kappa shape index (κ1) is 17.3. The van der Waals surface area contributed by atoms with Gasteiger partial charge in [0.15, 0.2) is 0 Å². The highest BCUT2D eigenvalue weighted by Crippen LogP contribution is 2.60. The average Bonchev–Trinajstić information content (AvgIpc) is 3.08. The summed E-state index contributed by atoms with van der Waals surface area (Å²) in [5.41, 5.74) is 1.41. The molecule has 1 saturated heterocycles. The highest BCUT2D eigenvalue weighted by Gasteiger charge is 2.28. The van der Waals surface area contributed by atoms with Crippen molar-refractivity contribution in [3.8, 4) is 5.75 Å². The van der Waals surface area contributed by atoms with Crippen LogP contribution in [0.4, 0.5) is 0 Å². The number of hydrogen-bond donors (Lipinski definition) is 0. The quantitative estimate of drug-likeness (QED) is 0.592. The Morgan fingerprint density at radius 2 is 1.72 bits per heavy atom. The van der Waals surface area contributed by atoms with Gasteiger partial charge in [-0.1, -0.05) is 37.5 Å². The molecule has 0 atom stereocenters. The molecule has 0 radical (unpaired) electrons. The van der Waals surface area contributed by atoms with Crippen molar-refractivity contribution in [3.05, 3.63) is 35.9 Å². The van der Waals surface area contributed by atoms with Crippen LogP contribution in [-0.4, -0.2) is 24.4 Å². The number of benzene rings is 2. The van der Waals surface area contributed by atoms with Crippen LogP contribution in [0.3, 0.4) is 0 Å². The molecule has 2 aromatic carbocycles. The first-order chi connectivity index (χ1) is 12.2. The highest BCUT2D eigenvalue weighted by atomic mass is 32.3. The molecular formula is C23H32OS. The molecule has 1 saturated carbocycles. The van der Waals surface area contributed by atoms with Crippen LogP contribution in [0, 0.1) is 12.8 Å². The lowest BCUT2D eigenvalue weighted by atomic mass is 9.90. The SMILES string of the molecule is Cc1cccc2c(OCC3CCCCC3)ccc(S3(C)CCCC3)c12. The van der Waals surface area contributed by atoms with E-state index in [-0.39, 0.29) is 0 Å². The molecule has 0 unspecified atom stereocenters. The van der Waals surface area contributed by atoms with E-state index in [9.17, 15) is 0 Å². The first-order valence-electron chi connectivity index (χ1n) is 10.1. The second-order valence-electron chi connectivity index (χ2n) is 8.26. The number of fused-ring (bicyclic) bond motifs is 1. The highest BCUT2D eigenvalue weighted by molar-refractivity contribution is 8.33. The van der Waals surface area contributed by atoms with Gasteiger partial charge >= 0.3 is 0 Å². The summed E-state index contributed by atoms with van der Waals surface area (Å²) in [5.74, 6) is 4.66. The van der Waals surface area contributed by atoms with E-state index in [1.165, 1.54) is 72.8 Å². The normalized spacial score (nSPS) is 22.2. The number of rotatable bonds is 4. The van der Waals surface area contributed by atoms with Crippen molar-refractivity contribution in [3.63, 3.8) is 0 Å². The van der Waals surface area contributed by atoms with Crippen molar-refractivity contribution in [1.82, 2.24) is 0 Å². The van der Waals surface area contributed by atoms with E-state index < -0.39 is 10.0 Å². The first-order valence-corrected chi connectivity index (χ1v) is 12.4. The van der Waals surface area contributed by atoms with E-state index >= 15 is 0 Å². The third-order valence-electron chi connectivity index (χ3n) is 6.34. The molecule has 2 aromatic rings. The van der Waals surface area contributed by atoms with Crippen LogP contribution in [0.2, 0.25) is 0 Å². The van der Waals surface area contributed by atoms with E-state index in [1.54, 1.807) is 4.90 Å². The van der Waals surface area contributed by atoms with Crippen LogP contribution in [0.5, 0.6) is 5.75 Å². The lowest BCUT2D eigenvalue weighted by Crippen LogP contribution is -2.15. The van der Waals surface area contributed by atoms with Crippen molar-refractivity contribution in [2.75, 3.05) is 24.4 Å². The van der Waals surface area contributed by atoms with Gasteiger partial charge in [-0.05, 0) is 78.9 Å². The van der Waals surface area contributed by atoms with E-state index in [1.807, 2.05) is 0 Å². The summed E-state index contributed by atoms with van der Waals surface area (Å²) in [4.78, 5) is 1.63. The van der Waals surface area contributed by atoms with Gasteiger partial charge in [0, 0.05) is 10.8 Å². The average molecular weight is 357 g/mol. The Bertz CT molecular complexity index is 739. The fraction of sp³-hybridized carbons (Fsp3) is 0.565. The van der Waals surface area contributed by atoms with Crippen molar-refractivity contribution >= 4 is 20.8 Å². The van der Waals surface area contributed by atoms with E-state index in [0.717, 1.165) is 18.3 Å². The molecule has 2 fully saturated rings. The van der Waals surface area contributed by atoms with Gasteiger partial charge in [0.2, 0.25) is 0 Å². The van der Waals surface area contributed by atoms with Crippen molar-refractivity contribution in [2.45, 2.75) is 56.8 Å². The Morgan fingerprint density at radius 1 is 0.960 bits per heavy atom. The Balaban J connectivity index is 1.68. The van der Waals surface area contributed by atoms with Crippen LogP contribution >= 0.6 is 10.0 Å². The monoisotopic (exact) mass is 356 g/mol. The Labute approximate surface area is 154 Å². The predicted molar refractivity (Wildman–Crippen MR) is 112 cm³/mol. The molecule has 136 valence electrons. The molecule has 1 aliphatic carbocycles. The lowest BCUT2D eigenvalue weighted by molar-refractivity contribution is 0.210. The smallest absolute Gasteiger partial charge is 0.127 e. The molecule has 0 amide bonds. The molecule has 0 spiro atoms. The van der Waals surface area contributed by atoms with Crippen LogP contribution in [0.1, 0.15) is 50.5 Å². The third-order valence-corrected chi connectivity index (χ3v) is 10.1. The fourth-order valence-electron chi connectivity index (χ4n) is 4.79. The minimum Gasteiger partial charge on any atom is -0.493 e. The maximum atomic E-state index is 6.37. The molecule has 0 bridgehead atoms. The zero-order valence-electron chi connectivity index (χ0n) is 15.9. The summed E-state index contributed by atoms with van der Waals surface area (Å²) >= 11 is 0. The molecule has 1 aliphatic heterocycles. The van der Waals surface area contributed by atoms with Gasteiger partial charge in [0.25, 0.3) is 0 Å². The second kappa shape index (κ2) is 7.23. The topological polar surface area (TPSA) is 9.23 Å². The van der Waals surface area contributed by atoms with Crippen molar-refractivity contribution in [1.29, 1.82) is 0 Å². The molecular weight excluding hydrogens is 324 g/mol. The van der Waals surface area contributed by atoms with Gasteiger partial charge in [0.05, 0.1) is 6.61 Å². The summed E-state index contributed by atoms with van der Waals surface area (Å²) in [7, 11) is -0.639. The Hall–Kier alpha value is -1.15. The molecule has 2 heteroatoms. The lowest BCUT2D eigenvalue weighted by Gasteiger charge is -2.33. The molecule has 0 aromatic heterocycles. The Kier molecular flexibility index (Phi) is 4.99. The Morgan fingerprint density at radius 3 is 2.48 bits per heavy atom. The van der Waals surface area contributed by atoms with E-state index in [0.29, 0.717) is 0 Å². The fourth-order valence-corrected chi connectivity index (χ4v) is 8.27. The van der Waals surface area contributed by atoms with Gasteiger partial charge < -0.3 is 4.74 Å². The largest absolute Gasteiger partial charge is 0.493 e. The van der Waals surface area contributed by atoms with Gasteiger partial charge in [0.1, 0.15) is 5.75 Å². The standard InChI is InChI=1S/C23H32OS/c1-18-9-8-12-20-21(24-17-19-10-4-3-5-11-19)13-14-22(23(18)20)25(2)15-6-7-16-25/h8-9,12-14,19H,3-7,10-11,15-17H2,1-2H3. The summed E-state index contributed by atoms with van der Waals surface area (Å²) < 4.78 is 6.37. The summed E-state index contributed by atoms with van der Waals surface area (Å²) in [6, 6.07) is 11.4. The molecule has 1 heterocycles. The molecule has 2 aliphatic rings. The maximum absolute atomic E-state index is 6.37. The molecule has 4 rings (SSSR count). The van der Waals surface area contributed by atoms with E-state index in [4.69, 9.17) is 4.74 Å². The van der Waals surface area contributed by atoms with Gasteiger partial charge in [-0.25, -0.2) is 10.0 Å². The second-order valence-corrected chi connectivity index (χ2v) is 12.1. The predicted octanol–water partition coefficient (Wildman–Crippen LogP) is 6.69.